The number of aryl methyl sites for hydroxylation is 1. The van der Waals surface area contributed by atoms with Gasteiger partial charge in [-0.25, -0.2) is 0 Å². The van der Waals surface area contributed by atoms with E-state index >= 15 is 0 Å². The summed E-state index contributed by atoms with van der Waals surface area (Å²) < 4.78 is 0. The molecule has 94 valence electrons. The van der Waals surface area contributed by atoms with E-state index in [0.717, 1.165) is 6.54 Å². The van der Waals surface area contributed by atoms with Crippen molar-refractivity contribution < 1.29 is 5.11 Å². The molecule has 1 aromatic rings. The molecule has 2 atom stereocenters. The van der Waals surface area contributed by atoms with E-state index in [-0.39, 0.29) is 6.10 Å². The van der Waals surface area contributed by atoms with Crippen LogP contribution in [-0.4, -0.2) is 29.7 Å². The van der Waals surface area contributed by atoms with Crippen LogP contribution in [0.15, 0.2) is 24.3 Å². The third-order valence-corrected chi connectivity index (χ3v) is 3.83. The van der Waals surface area contributed by atoms with Crippen LogP contribution in [0.1, 0.15) is 36.9 Å². The van der Waals surface area contributed by atoms with Crippen molar-refractivity contribution in [2.75, 3.05) is 13.6 Å². The number of nitrogens with zero attached hydrogens (tertiary/aromatic N) is 1. The van der Waals surface area contributed by atoms with Gasteiger partial charge in [0.05, 0.1) is 6.10 Å². The molecule has 1 N–H and O–H groups in total. The molecule has 1 aromatic carbocycles. The molecule has 0 radical (unpaired) electrons. The van der Waals surface area contributed by atoms with Crippen LogP contribution in [0.2, 0.25) is 0 Å². The van der Waals surface area contributed by atoms with Gasteiger partial charge in [-0.1, -0.05) is 29.8 Å². The molecule has 2 nitrogen and oxygen atoms in total. The molecule has 2 heteroatoms. The first-order valence-electron chi connectivity index (χ1n) is 6.53. The number of aliphatic hydroxyl groups is 1. The van der Waals surface area contributed by atoms with E-state index in [1.807, 2.05) is 0 Å². The quantitative estimate of drug-likeness (QED) is 0.845. The maximum Gasteiger partial charge on any atom is 0.0695 e. The van der Waals surface area contributed by atoms with Crippen LogP contribution in [0.3, 0.4) is 0 Å². The second kappa shape index (κ2) is 5.19. The summed E-state index contributed by atoms with van der Waals surface area (Å²) in [6, 6.07) is 8.98. The Morgan fingerprint density at radius 2 is 2.12 bits per heavy atom. The van der Waals surface area contributed by atoms with Gasteiger partial charge >= 0.3 is 0 Å². The lowest BCUT2D eigenvalue weighted by Gasteiger charge is -2.27. The first kappa shape index (κ1) is 12.6. The number of hydrogen-bond donors (Lipinski definition) is 1. The van der Waals surface area contributed by atoms with Crippen molar-refractivity contribution in [3.8, 4) is 0 Å². The van der Waals surface area contributed by atoms with Crippen molar-refractivity contribution in [3.63, 3.8) is 0 Å². The number of aliphatic hydroxyl groups excluding tert-OH is 1. The fourth-order valence-electron chi connectivity index (χ4n) is 2.27. The summed E-state index contributed by atoms with van der Waals surface area (Å²) in [5.41, 5.74) is 2.63. The second-order valence-electron chi connectivity index (χ2n) is 5.43. The minimum atomic E-state index is -0.146. The third kappa shape index (κ3) is 3.30. The van der Waals surface area contributed by atoms with Crippen molar-refractivity contribution in [1.82, 2.24) is 4.90 Å². The Morgan fingerprint density at radius 3 is 2.71 bits per heavy atom. The maximum absolute atomic E-state index is 9.97. The molecule has 0 spiro atoms. The van der Waals surface area contributed by atoms with E-state index in [2.05, 4.69) is 50.1 Å². The van der Waals surface area contributed by atoms with Crippen LogP contribution in [0.25, 0.3) is 0 Å². The van der Waals surface area contributed by atoms with Gasteiger partial charge in [0, 0.05) is 12.6 Å². The summed E-state index contributed by atoms with van der Waals surface area (Å²) >= 11 is 0. The minimum Gasteiger partial charge on any atom is -0.392 e. The van der Waals surface area contributed by atoms with E-state index in [9.17, 15) is 5.11 Å². The van der Waals surface area contributed by atoms with Gasteiger partial charge in [0.1, 0.15) is 0 Å². The van der Waals surface area contributed by atoms with Crippen molar-refractivity contribution in [2.24, 2.45) is 5.92 Å². The van der Waals surface area contributed by atoms with Crippen molar-refractivity contribution >= 4 is 0 Å². The average Bonchev–Trinajstić information content (AvgIpc) is 3.11. The zero-order valence-electron chi connectivity index (χ0n) is 11.1. The summed E-state index contributed by atoms with van der Waals surface area (Å²) in [5, 5.41) is 9.97. The van der Waals surface area contributed by atoms with Crippen molar-refractivity contribution in [1.29, 1.82) is 0 Å². The Hall–Kier alpha value is -0.860. The van der Waals surface area contributed by atoms with Gasteiger partial charge in [-0.3, -0.25) is 4.90 Å². The van der Waals surface area contributed by atoms with Gasteiger partial charge in [0.2, 0.25) is 0 Å². The molecule has 0 amide bonds. The monoisotopic (exact) mass is 233 g/mol. The summed E-state index contributed by atoms with van der Waals surface area (Å²) in [6.45, 7) is 5.10. The fourth-order valence-corrected chi connectivity index (χ4v) is 2.27. The molecule has 2 unspecified atom stereocenters. The van der Waals surface area contributed by atoms with E-state index < -0.39 is 0 Å². The molecule has 0 aliphatic heterocycles. The highest BCUT2D eigenvalue weighted by atomic mass is 16.3. The van der Waals surface area contributed by atoms with E-state index in [1.165, 1.54) is 24.0 Å². The van der Waals surface area contributed by atoms with Crippen LogP contribution < -0.4 is 0 Å². The second-order valence-corrected chi connectivity index (χ2v) is 5.43. The van der Waals surface area contributed by atoms with Crippen LogP contribution in [0.5, 0.6) is 0 Å². The molecule has 0 bridgehead atoms. The highest BCUT2D eigenvalue weighted by Gasteiger charge is 2.31. The molecular formula is C15H23NO. The Labute approximate surface area is 104 Å². The molecule has 0 aromatic heterocycles. The lowest BCUT2D eigenvalue weighted by Crippen LogP contribution is -2.32. The molecule has 0 heterocycles. The molecule has 2 rings (SSSR count). The van der Waals surface area contributed by atoms with Gasteiger partial charge in [0.15, 0.2) is 0 Å². The molecular weight excluding hydrogens is 210 g/mol. The van der Waals surface area contributed by atoms with Gasteiger partial charge in [-0.2, -0.15) is 0 Å². The van der Waals surface area contributed by atoms with E-state index in [0.29, 0.717) is 12.0 Å². The molecule has 1 aliphatic rings. The Bertz CT molecular complexity index is 373. The minimum absolute atomic E-state index is 0.146. The van der Waals surface area contributed by atoms with Crippen LogP contribution in [0.4, 0.5) is 0 Å². The SMILES string of the molecule is Cc1cccc(C(C)N(C)CC(O)C2CC2)c1. The van der Waals surface area contributed by atoms with Crippen LogP contribution >= 0.6 is 0 Å². The highest BCUT2D eigenvalue weighted by Crippen LogP contribution is 2.33. The normalized spacial score (nSPS) is 19.4. The van der Waals surface area contributed by atoms with Crippen LogP contribution in [-0.2, 0) is 0 Å². The lowest BCUT2D eigenvalue weighted by atomic mass is 10.0. The van der Waals surface area contributed by atoms with E-state index in [1.54, 1.807) is 0 Å². The standard InChI is InChI=1S/C15H23NO/c1-11-5-4-6-14(9-11)12(2)16(3)10-15(17)13-7-8-13/h4-6,9,12-13,15,17H,7-8,10H2,1-3H3. The third-order valence-electron chi connectivity index (χ3n) is 3.83. The molecule has 1 aliphatic carbocycles. The summed E-state index contributed by atoms with van der Waals surface area (Å²) in [4.78, 5) is 2.25. The predicted molar refractivity (Wildman–Crippen MR) is 71.0 cm³/mol. The maximum atomic E-state index is 9.97. The first-order valence-corrected chi connectivity index (χ1v) is 6.53. The number of benzene rings is 1. The number of likely N-dealkylation sites (N-methyl/N-ethyl adjacent to an activating group) is 1. The largest absolute Gasteiger partial charge is 0.392 e. The first-order chi connectivity index (χ1) is 8.08. The van der Waals surface area contributed by atoms with Gasteiger partial charge in [-0.05, 0) is 45.2 Å². The van der Waals surface area contributed by atoms with Crippen molar-refractivity contribution in [2.45, 2.75) is 38.8 Å². The Kier molecular flexibility index (Phi) is 3.85. The molecule has 1 saturated carbocycles. The van der Waals surface area contributed by atoms with Crippen LogP contribution in [0, 0.1) is 12.8 Å². The van der Waals surface area contributed by atoms with E-state index in [4.69, 9.17) is 0 Å². The van der Waals surface area contributed by atoms with Gasteiger partial charge < -0.3 is 5.11 Å². The Morgan fingerprint density at radius 1 is 1.41 bits per heavy atom. The fraction of sp³-hybridized carbons (Fsp3) is 0.600. The number of rotatable bonds is 5. The van der Waals surface area contributed by atoms with Gasteiger partial charge in [-0.15, -0.1) is 0 Å². The topological polar surface area (TPSA) is 23.5 Å². The zero-order chi connectivity index (χ0) is 12.4. The average molecular weight is 233 g/mol. The van der Waals surface area contributed by atoms with Gasteiger partial charge in [0.25, 0.3) is 0 Å². The molecule has 1 fully saturated rings. The Balaban J connectivity index is 1.95. The lowest BCUT2D eigenvalue weighted by molar-refractivity contribution is 0.0911. The summed E-state index contributed by atoms with van der Waals surface area (Å²) in [7, 11) is 2.10. The van der Waals surface area contributed by atoms with Crippen molar-refractivity contribution in [3.05, 3.63) is 35.4 Å². The molecule has 0 saturated heterocycles. The summed E-state index contributed by atoms with van der Waals surface area (Å²) in [6.07, 6.45) is 2.26. The number of hydrogen-bond acceptors (Lipinski definition) is 2. The zero-order valence-corrected chi connectivity index (χ0v) is 11.1. The highest BCUT2D eigenvalue weighted by molar-refractivity contribution is 5.24. The smallest absolute Gasteiger partial charge is 0.0695 e. The molecule has 17 heavy (non-hydrogen) atoms. The summed E-state index contributed by atoms with van der Waals surface area (Å²) in [5.74, 6) is 0.558. The predicted octanol–water partition coefficient (Wildman–Crippen LogP) is 2.76.